The molecule has 10 aromatic rings. The van der Waals surface area contributed by atoms with Crippen molar-refractivity contribution in [2.45, 2.75) is 0 Å². The summed E-state index contributed by atoms with van der Waals surface area (Å²) < 4.78 is 6.20. The lowest BCUT2D eigenvalue weighted by atomic mass is 9.98. The van der Waals surface area contributed by atoms with Crippen molar-refractivity contribution < 1.29 is 4.42 Å². The maximum Gasteiger partial charge on any atom is 0.135 e. The average molecular weight is 690 g/mol. The fraction of sp³-hybridized carbons (Fsp3) is 0. The van der Waals surface area contributed by atoms with E-state index in [1.807, 2.05) is 18.2 Å². The maximum absolute atomic E-state index is 6.20. The number of hydrogen-bond acceptors (Lipinski definition) is 2. The quantitative estimate of drug-likeness (QED) is 0.166. The van der Waals surface area contributed by atoms with Gasteiger partial charge in [0, 0.05) is 27.7 Å². The van der Waals surface area contributed by atoms with Crippen molar-refractivity contribution in [1.82, 2.24) is 0 Å². The number of furan rings is 1. The van der Waals surface area contributed by atoms with E-state index in [-0.39, 0.29) is 0 Å². The van der Waals surface area contributed by atoms with E-state index < -0.39 is 0 Å². The molecular formula is C52H35NO. The molecule has 9 aromatic carbocycles. The van der Waals surface area contributed by atoms with Crippen LogP contribution in [0.1, 0.15) is 0 Å². The highest BCUT2D eigenvalue weighted by Gasteiger charge is 2.17. The van der Waals surface area contributed by atoms with Crippen LogP contribution in [0.25, 0.3) is 77.2 Å². The second-order valence-electron chi connectivity index (χ2n) is 13.8. The first-order valence-electron chi connectivity index (χ1n) is 18.4. The largest absolute Gasteiger partial charge is 0.456 e. The Morgan fingerprint density at radius 3 is 1.65 bits per heavy atom. The van der Waals surface area contributed by atoms with Crippen LogP contribution in [0.2, 0.25) is 0 Å². The Morgan fingerprint density at radius 2 is 0.833 bits per heavy atom. The smallest absolute Gasteiger partial charge is 0.135 e. The molecule has 0 saturated heterocycles. The van der Waals surface area contributed by atoms with Gasteiger partial charge in [0.25, 0.3) is 0 Å². The van der Waals surface area contributed by atoms with Crippen molar-refractivity contribution in [2.24, 2.45) is 0 Å². The van der Waals surface area contributed by atoms with Gasteiger partial charge in [0.1, 0.15) is 11.3 Å². The number of hydrogen-bond donors (Lipinski definition) is 0. The number of nitrogens with zero attached hydrogens (tertiary/aromatic N) is 1. The Hall–Kier alpha value is -7.16. The van der Waals surface area contributed by atoms with Crippen LogP contribution in [0.5, 0.6) is 0 Å². The van der Waals surface area contributed by atoms with Gasteiger partial charge >= 0.3 is 0 Å². The van der Waals surface area contributed by atoms with Gasteiger partial charge in [0.15, 0.2) is 0 Å². The van der Waals surface area contributed by atoms with E-state index in [4.69, 9.17) is 4.42 Å². The summed E-state index contributed by atoms with van der Waals surface area (Å²) in [6, 6.07) is 76.0. The van der Waals surface area contributed by atoms with E-state index in [9.17, 15) is 0 Å². The zero-order valence-corrected chi connectivity index (χ0v) is 29.6. The molecule has 1 heterocycles. The van der Waals surface area contributed by atoms with Crippen LogP contribution in [-0.4, -0.2) is 0 Å². The minimum atomic E-state index is 0.880. The fourth-order valence-corrected chi connectivity index (χ4v) is 7.67. The maximum atomic E-state index is 6.20. The lowest BCUT2D eigenvalue weighted by Gasteiger charge is -2.27. The number of para-hydroxylation sites is 1. The molecule has 0 amide bonds. The summed E-state index contributed by atoms with van der Waals surface area (Å²) in [5, 5.41) is 5.91. The average Bonchev–Trinajstić information content (AvgIpc) is 3.69. The standard InChI is InChI=1S/C52H35NO/c1-2-11-36(12-3-1)39-16-8-17-40(31-39)37-25-28-47(29-26-37)53(50-21-10-15-38-13-4-6-20-49(38)50)48-30-27-43-32-42(23-24-44(43)34-48)41-18-9-19-45(33-41)52-35-46-14-5-7-22-51(46)54-52/h1-35H. The second kappa shape index (κ2) is 13.4. The van der Waals surface area contributed by atoms with Gasteiger partial charge in [0.05, 0.1) is 5.69 Å². The highest BCUT2D eigenvalue weighted by molar-refractivity contribution is 6.00. The predicted octanol–water partition coefficient (Wildman–Crippen LogP) is 14.9. The van der Waals surface area contributed by atoms with Gasteiger partial charge in [-0.25, -0.2) is 0 Å². The molecule has 0 aliphatic heterocycles. The molecule has 0 unspecified atom stereocenters. The number of anilines is 3. The van der Waals surface area contributed by atoms with Gasteiger partial charge in [0.2, 0.25) is 0 Å². The lowest BCUT2D eigenvalue weighted by molar-refractivity contribution is 0.631. The van der Waals surface area contributed by atoms with Crippen LogP contribution in [0, 0.1) is 0 Å². The van der Waals surface area contributed by atoms with E-state index in [1.54, 1.807) is 0 Å². The highest BCUT2D eigenvalue weighted by atomic mass is 16.3. The molecule has 2 heteroatoms. The van der Waals surface area contributed by atoms with Crippen LogP contribution in [0.4, 0.5) is 17.1 Å². The Kier molecular flexibility index (Phi) is 7.85. The molecule has 1 aromatic heterocycles. The lowest BCUT2D eigenvalue weighted by Crippen LogP contribution is -2.10. The summed E-state index contributed by atoms with van der Waals surface area (Å²) in [5.74, 6) is 0.880. The Bertz CT molecular complexity index is 2900. The summed E-state index contributed by atoms with van der Waals surface area (Å²) in [6.07, 6.45) is 0. The van der Waals surface area contributed by atoms with E-state index in [1.165, 1.54) is 49.4 Å². The minimum absolute atomic E-state index is 0.880. The van der Waals surface area contributed by atoms with Crippen LogP contribution in [-0.2, 0) is 0 Å². The Balaban J connectivity index is 1.02. The van der Waals surface area contributed by atoms with Gasteiger partial charge in [-0.1, -0.05) is 152 Å². The number of fused-ring (bicyclic) bond motifs is 3. The van der Waals surface area contributed by atoms with E-state index in [0.717, 1.165) is 44.9 Å². The SMILES string of the molecule is c1ccc(-c2cccc(-c3ccc(N(c4ccc5cc(-c6cccc(-c7cc8ccccc8o7)c6)ccc5c4)c4cccc5ccccc45)cc3)c2)cc1. The van der Waals surface area contributed by atoms with E-state index in [0.29, 0.717) is 0 Å². The van der Waals surface area contributed by atoms with Crippen LogP contribution in [0.15, 0.2) is 217 Å². The summed E-state index contributed by atoms with van der Waals surface area (Å²) in [4.78, 5) is 2.39. The molecule has 2 nitrogen and oxygen atoms in total. The first kappa shape index (κ1) is 31.6. The highest BCUT2D eigenvalue weighted by Crippen LogP contribution is 2.41. The van der Waals surface area contributed by atoms with Crippen LogP contribution >= 0.6 is 0 Å². The first-order valence-corrected chi connectivity index (χ1v) is 18.4. The molecule has 0 N–H and O–H groups in total. The third-order valence-corrected chi connectivity index (χ3v) is 10.4. The summed E-state index contributed by atoms with van der Waals surface area (Å²) in [5.41, 5.74) is 12.5. The fourth-order valence-electron chi connectivity index (χ4n) is 7.67. The van der Waals surface area contributed by atoms with Crippen molar-refractivity contribution in [2.75, 3.05) is 4.90 Å². The predicted molar refractivity (Wildman–Crippen MR) is 228 cm³/mol. The van der Waals surface area contributed by atoms with E-state index in [2.05, 4.69) is 199 Å². The third-order valence-electron chi connectivity index (χ3n) is 10.4. The number of benzene rings is 9. The topological polar surface area (TPSA) is 16.4 Å². The summed E-state index contributed by atoms with van der Waals surface area (Å²) >= 11 is 0. The van der Waals surface area contributed by atoms with Crippen molar-refractivity contribution in [1.29, 1.82) is 0 Å². The van der Waals surface area contributed by atoms with Crippen molar-refractivity contribution >= 4 is 49.6 Å². The summed E-state index contributed by atoms with van der Waals surface area (Å²) in [6.45, 7) is 0. The number of rotatable bonds is 7. The van der Waals surface area contributed by atoms with Crippen LogP contribution in [0.3, 0.4) is 0 Å². The summed E-state index contributed by atoms with van der Waals surface area (Å²) in [7, 11) is 0. The molecule has 0 aliphatic rings. The minimum Gasteiger partial charge on any atom is -0.456 e. The molecule has 0 saturated carbocycles. The monoisotopic (exact) mass is 689 g/mol. The first-order chi connectivity index (χ1) is 26.7. The Labute approximate surface area is 314 Å². The van der Waals surface area contributed by atoms with Crippen LogP contribution < -0.4 is 4.90 Å². The van der Waals surface area contributed by atoms with Gasteiger partial charge in [-0.15, -0.1) is 0 Å². The molecule has 0 atom stereocenters. The molecule has 0 radical (unpaired) electrons. The van der Waals surface area contributed by atoms with Gasteiger partial charge in [-0.3, -0.25) is 0 Å². The molecule has 0 aliphatic carbocycles. The molecule has 54 heavy (non-hydrogen) atoms. The van der Waals surface area contributed by atoms with Crippen molar-refractivity contribution in [3.8, 4) is 44.7 Å². The molecule has 10 rings (SSSR count). The van der Waals surface area contributed by atoms with Gasteiger partial charge < -0.3 is 9.32 Å². The third kappa shape index (κ3) is 5.90. The molecule has 0 spiro atoms. The molecule has 0 fully saturated rings. The molecular weight excluding hydrogens is 655 g/mol. The molecule has 254 valence electrons. The van der Waals surface area contributed by atoms with Gasteiger partial charge in [-0.2, -0.15) is 0 Å². The normalized spacial score (nSPS) is 11.3. The Morgan fingerprint density at radius 1 is 0.296 bits per heavy atom. The zero-order valence-electron chi connectivity index (χ0n) is 29.6. The van der Waals surface area contributed by atoms with Crippen molar-refractivity contribution in [3.05, 3.63) is 212 Å². The molecule has 0 bridgehead atoms. The van der Waals surface area contributed by atoms with Gasteiger partial charge in [-0.05, 0) is 110 Å². The van der Waals surface area contributed by atoms with E-state index >= 15 is 0 Å². The second-order valence-corrected chi connectivity index (χ2v) is 13.8. The van der Waals surface area contributed by atoms with Crippen molar-refractivity contribution in [3.63, 3.8) is 0 Å². The zero-order chi connectivity index (χ0) is 35.8.